The highest BCUT2D eigenvalue weighted by Crippen LogP contribution is 2.39. The van der Waals surface area contributed by atoms with E-state index < -0.39 is 268 Å². The minimum absolute atomic E-state index is 1.08. The zero-order valence-electron chi connectivity index (χ0n) is 43.0. The number of hydrogen-bond acceptors (Lipinski definition) is 39. The van der Waals surface area contributed by atoms with E-state index in [1.54, 1.807) is 0 Å². The maximum absolute atomic E-state index is 13.0. The molecule has 60 heteroatoms. The van der Waals surface area contributed by atoms with Crippen molar-refractivity contribution in [1.82, 2.24) is 14.2 Å². The summed E-state index contributed by atoms with van der Waals surface area (Å²) in [5.41, 5.74) is 0. The fourth-order valence-corrected chi connectivity index (χ4v) is 12.8. The molecule has 528 valence electrons. The van der Waals surface area contributed by atoms with Gasteiger partial charge >= 0.3 is 94.8 Å². The third-order valence-corrected chi connectivity index (χ3v) is 16.2. The van der Waals surface area contributed by atoms with E-state index in [1.165, 1.54) is 4.72 Å². The first-order chi connectivity index (χ1) is 40.7. The summed E-state index contributed by atoms with van der Waals surface area (Å²) >= 11 is 0. The summed E-state index contributed by atoms with van der Waals surface area (Å²) in [7, 11) is -47.3. The molecule has 20 N–H and O–H groups in total. The molecule has 0 aromatic heterocycles. The fraction of sp³-hybridized carbons (Fsp3) is 0.933. The molecule has 5 aliphatic heterocycles. The zero-order valence-corrected chi connectivity index (χ0v) is 49.5. The van der Waals surface area contributed by atoms with Crippen molar-refractivity contribution in [3.8, 4) is 0 Å². The molecule has 0 saturated carbocycles. The van der Waals surface area contributed by atoms with Crippen molar-refractivity contribution in [2.75, 3.05) is 19.8 Å². The van der Waals surface area contributed by atoms with Crippen LogP contribution in [-0.2, 0) is 156 Å². The monoisotopic (exact) mass is 1490 g/mol. The van der Waals surface area contributed by atoms with Crippen LogP contribution in [0.15, 0.2) is 0 Å². The molecule has 0 amide bonds. The minimum Gasteiger partial charge on any atom is -0.479 e. The first-order valence-corrected chi connectivity index (χ1v) is 34.3. The van der Waals surface area contributed by atoms with E-state index in [0.29, 0.717) is 0 Å². The van der Waals surface area contributed by atoms with Gasteiger partial charge in [-0.2, -0.15) is 81.5 Å². The summed E-state index contributed by atoms with van der Waals surface area (Å²) < 4.78 is 341. The Kier molecular flexibility index (Phi) is 25.4. The SMILES string of the molecule is O=C(O)[C@H]1O[C@@H](O[C@H]2[C@H](OS(=O)(=O)O)[C@@H](NS(=O)(=O)O)[C@@H](O[C@H]3[C@H](O)[C@@H](OS(=O)(=O)O)[C@H](O[C@H]4[C@H](OS(=O)(=O)O)[C@@H](NS(=O)(=O)O)C(O)O[C@@H]4CO)O[C@H]3C(=O)O)O[C@@H]2COS(=O)(=O)O)[C@H](O)[C@@H](O)[C@@H]1O[C@H]1O[C@H](COS(=O)(=O)O)[C@@H](O)[C@H](O)[C@H]1NS(=O)(=O)O. The molecule has 0 spiro atoms. The Hall–Kier alpha value is -2.74. The molecule has 5 saturated heterocycles. The van der Waals surface area contributed by atoms with Gasteiger partial charge in [0, 0.05) is 0 Å². The van der Waals surface area contributed by atoms with Gasteiger partial charge in [0.25, 0.3) is 0 Å². The average Bonchev–Trinajstić information content (AvgIpc) is 0.771. The van der Waals surface area contributed by atoms with Crippen molar-refractivity contribution in [2.24, 2.45) is 0 Å². The van der Waals surface area contributed by atoms with Gasteiger partial charge in [0.05, 0.1) is 19.8 Å². The first-order valence-electron chi connectivity index (χ1n) is 23.2. The maximum Gasteiger partial charge on any atom is 0.397 e. The molecule has 5 aliphatic rings. The normalized spacial score (nSPS) is 38.9. The second kappa shape index (κ2) is 29.3. The topological polar surface area (TPSA) is 816 Å². The number of aliphatic carboxylic acids is 2. The van der Waals surface area contributed by atoms with E-state index in [0.717, 1.165) is 9.44 Å². The summed E-state index contributed by atoms with van der Waals surface area (Å²) in [5.74, 6) is -4.96. The molecule has 0 radical (unpaired) electrons. The van der Waals surface area contributed by atoms with Gasteiger partial charge in [0.1, 0.15) is 104 Å². The predicted octanol–water partition coefficient (Wildman–Crippen LogP) is -14.4. The molecule has 90 heavy (non-hydrogen) atoms. The van der Waals surface area contributed by atoms with E-state index in [-0.39, 0.29) is 0 Å². The van der Waals surface area contributed by atoms with Crippen LogP contribution in [0.2, 0.25) is 0 Å². The number of nitrogens with one attached hydrogen (secondary N) is 3. The van der Waals surface area contributed by atoms with Gasteiger partial charge in [0.15, 0.2) is 49.8 Å². The number of rotatable bonds is 29. The number of carbonyl (C=O) groups is 2. The summed E-state index contributed by atoms with van der Waals surface area (Å²) in [6.07, 6.45) is -65.0. The van der Waals surface area contributed by atoms with E-state index >= 15 is 0 Å². The van der Waals surface area contributed by atoms with Crippen molar-refractivity contribution >= 4 is 94.8 Å². The summed E-state index contributed by atoms with van der Waals surface area (Å²) in [5, 5.41) is 96.9. The largest absolute Gasteiger partial charge is 0.479 e. The lowest BCUT2D eigenvalue weighted by Gasteiger charge is -2.50. The lowest BCUT2D eigenvalue weighted by molar-refractivity contribution is -0.372. The third kappa shape index (κ3) is 22.2. The van der Waals surface area contributed by atoms with Gasteiger partial charge in [-0.1, -0.05) is 0 Å². The van der Waals surface area contributed by atoms with Gasteiger partial charge < -0.3 is 88.6 Å². The average molecular weight is 1490 g/mol. The lowest BCUT2D eigenvalue weighted by atomic mass is 9.94. The molecule has 0 aromatic rings. The molecular formula is C30H51N3O49S8. The molecule has 1 unspecified atom stereocenters. The van der Waals surface area contributed by atoms with Crippen LogP contribution in [-0.4, -0.2) is 335 Å². The van der Waals surface area contributed by atoms with Crippen LogP contribution in [0, 0.1) is 0 Å². The highest BCUT2D eigenvalue weighted by Gasteiger charge is 2.61. The fourth-order valence-electron chi connectivity index (χ4n) is 8.89. The number of carboxylic acids is 2. The molecule has 0 aliphatic carbocycles. The Labute approximate surface area is 502 Å². The third-order valence-electron chi connectivity index (χ3n) is 12.2. The lowest BCUT2D eigenvalue weighted by Crippen LogP contribution is -2.71. The second-order valence-electron chi connectivity index (χ2n) is 18.5. The van der Waals surface area contributed by atoms with Crippen LogP contribution in [0.4, 0.5) is 0 Å². The Morgan fingerprint density at radius 1 is 0.356 bits per heavy atom. The van der Waals surface area contributed by atoms with Crippen molar-refractivity contribution in [3.63, 3.8) is 0 Å². The van der Waals surface area contributed by atoms with Gasteiger partial charge in [-0.3, -0.25) is 36.4 Å². The van der Waals surface area contributed by atoms with Crippen molar-refractivity contribution < 1.29 is 223 Å². The van der Waals surface area contributed by atoms with Crippen LogP contribution in [0.1, 0.15) is 0 Å². The number of ether oxygens (including phenoxy) is 9. The number of aliphatic hydroxyl groups is 7. The summed E-state index contributed by atoms with van der Waals surface area (Å²) in [4.78, 5) is 25.7. The van der Waals surface area contributed by atoms with Crippen LogP contribution >= 0.6 is 0 Å². The Morgan fingerprint density at radius 2 is 0.722 bits per heavy atom. The molecule has 0 bridgehead atoms. The van der Waals surface area contributed by atoms with Crippen molar-refractivity contribution in [3.05, 3.63) is 0 Å². The maximum atomic E-state index is 13.0. The van der Waals surface area contributed by atoms with E-state index in [1.807, 2.05) is 0 Å². The van der Waals surface area contributed by atoms with E-state index in [9.17, 15) is 155 Å². The summed E-state index contributed by atoms with van der Waals surface area (Å²) in [6.45, 7) is -5.09. The van der Waals surface area contributed by atoms with Crippen LogP contribution in [0.25, 0.3) is 0 Å². The first kappa shape index (κ1) is 78.0. The Balaban J connectivity index is 1.60. The molecule has 5 fully saturated rings. The standard InChI is InChI=1S/C30H51N3O49S8/c34-1-4-15(17(80-88(60,61)62)8(26(44)71-4)32-84(48,49)50)75-30-21(82-90(66,67)68)14(39)20(23(79-30)25(42)43)77-28-9(33-85(51,52)53)18(81-89(63,64)65)16(6(73-28)3-70-87(57,58)59)74-29-13(38)12(37)19(22(78-29)24(40)41)76-27-7(31-83(45,46)47)11(36)10(35)5(72-27)2-69-86(54,55)56/h4-23,26-39,44H,1-3H2,(H,40,41)(H,42,43)(H,45,46,47)(H,48,49,50)(H,51,52,53)(H,54,55,56)(H,57,58,59)(H,60,61,62)(H,63,64,65)(H,66,67,68)/t4-,5-,6-,7-,8-,9-,10-,11-,12-,13-,14+,15-,16-,17-,18-,19+,20+,21-,22+,23-,26?,27-,28-,29-,30-/m1/s1. The molecule has 0 aromatic carbocycles. The van der Waals surface area contributed by atoms with E-state index in [2.05, 4.69) is 20.9 Å². The smallest absolute Gasteiger partial charge is 0.397 e. The minimum atomic E-state index is -6.37. The second-order valence-corrected chi connectivity index (χ2v) is 27.3. The van der Waals surface area contributed by atoms with Crippen LogP contribution < -0.4 is 14.2 Å². The molecular weight excluding hydrogens is 1440 g/mol. The zero-order chi connectivity index (χ0) is 68.7. The van der Waals surface area contributed by atoms with Crippen LogP contribution in [0.5, 0.6) is 0 Å². The predicted molar refractivity (Wildman–Crippen MR) is 257 cm³/mol. The van der Waals surface area contributed by atoms with Gasteiger partial charge in [0.2, 0.25) is 0 Å². The number of hydrogen-bond donors (Lipinski definition) is 20. The van der Waals surface area contributed by atoms with Crippen LogP contribution in [0.3, 0.4) is 0 Å². The number of aliphatic hydroxyl groups excluding tert-OH is 7. The van der Waals surface area contributed by atoms with Crippen molar-refractivity contribution in [1.29, 1.82) is 0 Å². The van der Waals surface area contributed by atoms with Gasteiger partial charge in [-0.25, -0.2) is 30.5 Å². The van der Waals surface area contributed by atoms with E-state index in [4.69, 9.17) is 47.2 Å². The Morgan fingerprint density at radius 3 is 1.17 bits per heavy atom. The highest BCUT2D eigenvalue weighted by molar-refractivity contribution is 7.84. The molecule has 25 atom stereocenters. The van der Waals surface area contributed by atoms with Crippen molar-refractivity contribution in [2.45, 2.75) is 153 Å². The van der Waals surface area contributed by atoms with Gasteiger partial charge in [-0.05, 0) is 0 Å². The number of carboxylic acid groups (broad SMARTS) is 2. The molecule has 5 rings (SSSR count). The molecule has 5 heterocycles. The Bertz CT molecular complexity index is 3470. The quantitative estimate of drug-likeness (QED) is 0.0309. The molecule has 52 nitrogen and oxygen atoms in total. The van der Waals surface area contributed by atoms with Gasteiger partial charge in [-0.15, -0.1) is 0 Å². The highest BCUT2D eigenvalue weighted by atomic mass is 32.3. The summed E-state index contributed by atoms with van der Waals surface area (Å²) in [6, 6.07) is -8.60.